The Morgan fingerprint density at radius 1 is 1.14 bits per heavy atom. The summed E-state index contributed by atoms with van der Waals surface area (Å²) in [6.45, 7) is 13.5. The summed E-state index contributed by atoms with van der Waals surface area (Å²) in [4.78, 5) is 12.8. The molecule has 1 nitrogen and oxygen atoms in total. The highest BCUT2D eigenvalue weighted by atomic mass is 16.1. The molecule has 0 saturated heterocycles. The quantitative estimate of drug-likeness (QED) is 0.585. The standard InChI is InChI=1S/C20H30O/c1-6-19(4)11-8-15-14(13-19)16(21)12-17-18(2,3)9-7-10-20(15,17)5/h6,17H,1,7-13H2,2-5H3/t17-,19-,20+/m0/s1. The van der Waals surface area contributed by atoms with Crippen molar-refractivity contribution in [2.45, 2.75) is 72.6 Å². The second-order valence-electron chi connectivity index (χ2n) is 8.93. The number of Topliss-reactive ketones (excluding diaryl/α,β-unsaturated/α-hetero) is 1. The molecule has 3 rings (SSSR count). The van der Waals surface area contributed by atoms with E-state index in [1.54, 1.807) is 0 Å². The molecule has 1 fully saturated rings. The molecule has 0 amide bonds. The Labute approximate surface area is 129 Å². The summed E-state index contributed by atoms with van der Waals surface area (Å²) in [5, 5.41) is 0. The topological polar surface area (TPSA) is 17.1 Å². The highest BCUT2D eigenvalue weighted by Gasteiger charge is 2.53. The molecule has 3 aliphatic rings. The number of hydrogen-bond donors (Lipinski definition) is 0. The average molecular weight is 286 g/mol. The molecule has 3 aliphatic carbocycles. The minimum Gasteiger partial charge on any atom is -0.295 e. The van der Waals surface area contributed by atoms with Crippen molar-refractivity contribution < 1.29 is 4.79 Å². The third kappa shape index (κ3) is 2.15. The van der Waals surface area contributed by atoms with Crippen molar-refractivity contribution in [2.75, 3.05) is 0 Å². The second kappa shape index (κ2) is 4.57. The summed E-state index contributed by atoms with van der Waals surface area (Å²) < 4.78 is 0. The number of carbonyl (C=O) groups excluding carboxylic acids is 1. The predicted molar refractivity (Wildman–Crippen MR) is 88.0 cm³/mol. The van der Waals surface area contributed by atoms with Gasteiger partial charge in [0.05, 0.1) is 0 Å². The van der Waals surface area contributed by atoms with E-state index < -0.39 is 0 Å². The maximum Gasteiger partial charge on any atom is 0.159 e. The van der Waals surface area contributed by atoms with Gasteiger partial charge in [0, 0.05) is 6.42 Å². The molecule has 0 bridgehead atoms. The molecule has 1 heteroatoms. The van der Waals surface area contributed by atoms with Crippen LogP contribution in [0.15, 0.2) is 23.8 Å². The molecule has 0 heterocycles. The summed E-state index contributed by atoms with van der Waals surface area (Å²) in [7, 11) is 0. The molecule has 0 radical (unpaired) electrons. The van der Waals surface area contributed by atoms with Crippen LogP contribution < -0.4 is 0 Å². The van der Waals surface area contributed by atoms with E-state index in [1.165, 1.54) is 30.4 Å². The summed E-state index contributed by atoms with van der Waals surface area (Å²) in [6.07, 6.45) is 9.89. The highest BCUT2D eigenvalue weighted by molar-refractivity contribution is 5.98. The van der Waals surface area contributed by atoms with Crippen molar-refractivity contribution in [3.05, 3.63) is 23.8 Å². The van der Waals surface area contributed by atoms with Gasteiger partial charge in [-0.2, -0.15) is 0 Å². The lowest BCUT2D eigenvalue weighted by molar-refractivity contribution is -0.122. The molecule has 0 spiro atoms. The van der Waals surface area contributed by atoms with Crippen molar-refractivity contribution in [2.24, 2.45) is 22.2 Å². The molecular formula is C20H30O. The van der Waals surface area contributed by atoms with Gasteiger partial charge in [0.1, 0.15) is 0 Å². The second-order valence-corrected chi connectivity index (χ2v) is 8.93. The van der Waals surface area contributed by atoms with Crippen molar-refractivity contribution in [1.82, 2.24) is 0 Å². The number of rotatable bonds is 1. The normalized spacial score (nSPS) is 42.3. The largest absolute Gasteiger partial charge is 0.295 e. The maximum absolute atomic E-state index is 12.8. The average Bonchev–Trinajstić information content (AvgIpc) is 2.41. The van der Waals surface area contributed by atoms with E-state index in [4.69, 9.17) is 0 Å². The van der Waals surface area contributed by atoms with Crippen molar-refractivity contribution in [3.63, 3.8) is 0 Å². The van der Waals surface area contributed by atoms with Crippen LogP contribution in [0.25, 0.3) is 0 Å². The van der Waals surface area contributed by atoms with Gasteiger partial charge in [0.2, 0.25) is 0 Å². The fourth-order valence-corrected chi connectivity index (χ4v) is 5.53. The van der Waals surface area contributed by atoms with Crippen molar-refractivity contribution in [1.29, 1.82) is 0 Å². The number of ketones is 1. The van der Waals surface area contributed by atoms with E-state index in [0.29, 0.717) is 17.1 Å². The fraction of sp³-hybridized carbons (Fsp3) is 0.750. The van der Waals surface area contributed by atoms with Gasteiger partial charge in [-0.15, -0.1) is 6.58 Å². The van der Waals surface area contributed by atoms with E-state index in [1.807, 2.05) is 0 Å². The molecule has 0 aromatic heterocycles. The molecule has 0 aliphatic heterocycles. The van der Waals surface area contributed by atoms with Gasteiger partial charge in [-0.1, -0.05) is 45.8 Å². The van der Waals surface area contributed by atoms with Crippen LogP contribution >= 0.6 is 0 Å². The van der Waals surface area contributed by atoms with Gasteiger partial charge in [0.15, 0.2) is 5.78 Å². The predicted octanol–water partition coefficient (Wildman–Crippen LogP) is 5.46. The Kier molecular flexibility index (Phi) is 3.28. The van der Waals surface area contributed by atoms with Gasteiger partial charge in [-0.05, 0) is 59.8 Å². The molecule has 0 unspecified atom stereocenters. The van der Waals surface area contributed by atoms with E-state index in [0.717, 1.165) is 25.7 Å². The lowest BCUT2D eigenvalue weighted by Crippen LogP contribution is -2.49. The molecular weight excluding hydrogens is 256 g/mol. The van der Waals surface area contributed by atoms with Gasteiger partial charge >= 0.3 is 0 Å². The first-order valence-corrected chi connectivity index (χ1v) is 8.61. The van der Waals surface area contributed by atoms with Crippen LogP contribution in [-0.2, 0) is 4.79 Å². The van der Waals surface area contributed by atoms with E-state index >= 15 is 0 Å². The summed E-state index contributed by atoms with van der Waals surface area (Å²) in [5.41, 5.74) is 3.41. The van der Waals surface area contributed by atoms with Gasteiger partial charge < -0.3 is 0 Å². The number of carbonyl (C=O) groups is 1. The lowest BCUT2D eigenvalue weighted by atomic mass is 9.48. The third-order valence-electron chi connectivity index (χ3n) is 7.03. The zero-order valence-corrected chi connectivity index (χ0v) is 14.2. The summed E-state index contributed by atoms with van der Waals surface area (Å²) in [5.74, 6) is 0.980. The first-order chi connectivity index (χ1) is 9.72. The number of hydrogen-bond acceptors (Lipinski definition) is 1. The Hall–Kier alpha value is -0.850. The smallest absolute Gasteiger partial charge is 0.159 e. The van der Waals surface area contributed by atoms with Crippen LogP contribution in [0.2, 0.25) is 0 Å². The molecule has 0 N–H and O–H groups in total. The Morgan fingerprint density at radius 2 is 1.86 bits per heavy atom. The SMILES string of the molecule is C=C[C@@]1(C)CCC2=C(C1)C(=O)C[C@H]1C(C)(C)CCC[C@]21C. The molecule has 0 aromatic carbocycles. The zero-order chi connectivity index (χ0) is 15.5. The zero-order valence-electron chi connectivity index (χ0n) is 14.2. The van der Waals surface area contributed by atoms with Gasteiger partial charge in [-0.3, -0.25) is 4.79 Å². The monoisotopic (exact) mass is 286 g/mol. The van der Waals surface area contributed by atoms with Crippen LogP contribution in [0.1, 0.15) is 72.6 Å². The van der Waals surface area contributed by atoms with Crippen LogP contribution in [0.3, 0.4) is 0 Å². The van der Waals surface area contributed by atoms with Crippen molar-refractivity contribution in [3.8, 4) is 0 Å². The van der Waals surface area contributed by atoms with Gasteiger partial charge in [0.25, 0.3) is 0 Å². The maximum atomic E-state index is 12.8. The van der Waals surface area contributed by atoms with Crippen LogP contribution in [-0.4, -0.2) is 5.78 Å². The molecule has 0 aromatic rings. The molecule has 1 saturated carbocycles. The minimum absolute atomic E-state index is 0.127. The number of fused-ring (bicyclic) bond motifs is 2. The summed E-state index contributed by atoms with van der Waals surface area (Å²) in [6, 6.07) is 0. The summed E-state index contributed by atoms with van der Waals surface area (Å²) >= 11 is 0. The van der Waals surface area contributed by atoms with E-state index in [-0.39, 0.29) is 10.8 Å². The van der Waals surface area contributed by atoms with E-state index in [2.05, 4.69) is 40.3 Å². The first kappa shape index (κ1) is 15.1. The Morgan fingerprint density at radius 3 is 2.52 bits per heavy atom. The Bertz CT molecular complexity index is 524. The molecule has 21 heavy (non-hydrogen) atoms. The minimum atomic E-state index is 0.127. The molecule has 116 valence electrons. The Balaban J connectivity index is 2.07. The number of allylic oxidation sites excluding steroid dienone is 3. The third-order valence-corrected chi connectivity index (χ3v) is 7.03. The molecule has 3 atom stereocenters. The fourth-order valence-electron chi connectivity index (χ4n) is 5.53. The lowest BCUT2D eigenvalue weighted by Gasteiger charge is -2.56. The van der Waals surface area contributed by atoms with Crippen molar-refractivity contribution >= 4 is 5.78 Å². The highest BCUT2D eigenvalue weighted by Crippen LogP contribution is 2.62. The first-order valence-electron chi connectivity index (χ1n) is 8.61. The van der Waals surface area contributed by atoms with Crippen LogP contribution in [0.5, 0.6) is 0 Å². The van der Waals surface area contributed by atoms with E-state index in [9.17, 15) is 4.79 Å². The van der Waals surface area contributed by atoms with Gasteiger partial charge in [-0.25, -0.2) is 0 Å². The van der Waals surface area contributed by atoms with Crippen LogP contribution in [0, 0.1) is 22.2 Å². The van der Waals surface area contributed by atoms with Crippen LogP contribution in [0.4, 0.5) is 0 Å².